The van der Waals surface area contributed by atoms with Crippen molar-refractivity contribution in [3.63, 3.8) is 0 Å². The van der Waals surface area contributed by atoms with Crippen molar-refractivity contribution in [1.82, 2.24) is 4.90 Å². The topological polar surface area (TPSA) is 32.3 Å². The molecule has 1 aromatic carbocycles. The largest absolute Gasteiger partial charge is 0.384 e. The third-order valence-corrected chi connectivity index (χ3v) is 4.16. The van der Waals surface area contributed by atoms with E-state index in [1.54, 1.807) is 31.1 Å². The van der Waals surface area contributed by atoms with E-state index in [1.165, 1.54) is 32.1 Å². The Bertz CT molecular complexity index is 468. The van der Waals surface area contributed by atoms with Gasteiger partial charge in [0.05, 0.1) is 5.56 Å². The number of anilines is 1. The van der Waals surface area contributed by atoms with Crippen molar-refractivity contribution in [2.24, 2.45) is 5.92 Å². The molecule has 1 aliphatic rings. The average Bonchev–Trinajstić information content (AvgIpc) is 2.45. The number of carbonyl (C=O) groups is 1. The van der Waals surface area contributed by atoms with Crippen LogP contribution in [0.3, 0.4) is 0 Å². The Morgan fingerprint density at radius 3 is 2.65 bits per heavy atom. The maximum atomic E-state index is 12.2. The van der Waals surface area contributed by atoms with E-state index in [-0.39, 0.29) is 5.91 Å². The van der Waals surface area contributed by atoms with Crippen LogP contribution >= 0.6 is 11.6 Å². The van der Waals surface area contributed by atoms with E-state index in [0.717, 1.165) is 12.2 Å². The Kier molecular flexibility index (Phi) is 5.30. The molecule has 1 aromatic rings. The second kappa shape index (κ2) is 6.98. The highest BCUT2D eigenvalue weighted by atomic mass is 35.5. The maximum absolute atomic E-state index is 12.2. The lowest BCUT2D eigenvalue weighted by atomic mass is 9.89. The number of amides is 1. The van der Waals surface area contributed by atoms with Crippen LogP contribution in [0, 0.1) is 5.92 Å². The molecule has 1 amide bonds. The molecule has 2 rings (SSSR count). The van der Waals surface area contributed by atoms with Crippen molar-refractivity contribution >= 4 is 23.2 Å². The summed E-state index contributed by atoms with van der Waals surface area (Å²) in [6.45, 7) is 0.925. The van der Waals surface area contributed by atoms with Crippen LogP contribution in [0.1, 0.15) is 42.5 Å². The zero-order valence-corrected chi connectivity index (χ0v) is 13.0. The summed E-state index contributed by atoms with van der Waals surface area (Å²) in [6, 6.07) is 5.42. The van der Waals surface area contributed by atoms with Crippen molar-refractivity contribution in [2.45, 2.75) is 32.1 Å². The first-order valence-electron chi connectivity index (χ1n) is 7.33. The van der Waals surface area contributed by atoms with E-state index in [2.05, 4.69) is 5.32 Å². The molecule has 0 atom stereocenters. The van der Waals surface area contributed by atoms with Gasteiger partial charge in [-0.05, 0) is 37.0 Å². The average molecular weight is 295 g/mol. The van der Waals surface area contributed by atoms with Gasteiger partial charge in [0.1, 0.15) is 0 Å². The summed E-state index contributed by atoms with van der Waals surface area (Å²) >= 11 is 6.06. The fourth-order valence-corrected chi connectivity index (χ4v) is 2.91. The van der Waals surface area contributed by atoms with Gasteiger partial charge in [-0.15, -0.1) is 0 Å². The maximum Gasteiger partial charge on any atom is 0.255 e. The van der Waals surface area contributed by atoms with Gasteiger partial charge in [0, 0.05) is 31.4 Å². The Balaban J connectivity index is 2.08. The highest BCUT2D eigenvalue weighted by Gasteiger charge is 2.16. The fourth-order valence-electron chi connectivity index (χ4n) is 2.74. The third-order valence-electron chi connectivity index (χ3n) is 3.92. The Morgan fingerprint density at radius 1 is 1.30 bits per heavy atom. The fraction of sp³-hybridized carbons (Fsp3) is 0.562. The van der Waals surface area contributed by atoms with Crippen molar-refractivity contribution in [1.29, 1.82) is 0 Å². The zero-order valence-electron chi connectivity index (χ0n) is 12.3. The molecule has 0 spiro atoms. The lowest BCUT2D eigenvalue weighted by Gasteiger charge is -2.23. The summed E-state index contributed by atoms with van der Waals surface area (Å²) in [5.74, 6) is 0.720. The Labute approximate surface area is 126 Å². The van der Waals surface area contributed by atoms with Gasteiger partial charge in [0.15, 0.2) is 0 Å². The van der Waals surface area contributed by atoms with E-state index in [0.29, 0.717) is 16.5 Å². The Morgan fingerprint density at radius 2 is 2.00 bits per heavy atom. The van der Waals surface area contributed by atoms with Crippen LogP contribution in [-0.4, -0.2) is 31.4 Å². The van der Waals surface area contributed by atoms with Gasteiger partial charge >= 0.3 is 0 Å². The van der Waals surface area contributed by atoms with E-state index in [4.69, 9.17) is 11.6 Å². The number of carbonyl (C=O) groups excluding carboxylic acids is 1. The summed E-state index contributed by atoms with van der Waals surface area (Å²) in [4.78, 5) is 13.8. The smallest absolute Gasteiger partial charge is 0.255 e. The SMILES string of the molecule is CN(C)C(=O)c1ccc(Cl)cc1NCC1CCCCC1. The predicted molar refractivity (Wildman–Crippen MR) is 84.5 cm³/mol. The second-order valence-corrected chi connectivity index (χ2v) is 6.21. The molecule has 0 heterocycles. The second-order valence-electron chi connectivity index (χ2n) is 5.77. The van der Waals surface area contributed by atoms with Gasteiger partial charge in [0.25, 0.3) is 5.91 Å². The molecule has 0 unspecified atom stereocenters. The van der Waals surface area contributed by atoms with Crippen molar-refractivity contribution in [2.75, 3.05) is 26.0 Å². The lowest BCUT2D eigenvalue weighted by Crippen LogP contribution is -2.24. The molecule has 4 heteroatoms. The predicted octanol–water partition coefficient (Wildman–Crippen LogP) is 4.03. The molecule has 0 aromatic heterocycles. The number of hydrogen-bond donors (Lipinski definition) is 1. The van der Waals surface area contributed by atoms with E-state index < -0.39 is 0 Å². The van der Waals surface area contributed by atoms with Crippen LogP contribution < -0.4 is 5.32 Å². The molecule has 1 aliphatic carbocycles. The molecule has 1 N–H and O–H groups in total. The third kappa shape index (κ3) is 3.89. The number of benzene rings is 1. The van der Waals surface area contributed by atoms with Crippen LogP contribution in [0.4, 0.5) is 5.69 Å². The quantitative estimate of drug-likeness (QED) is 0.909. The summed E-state index contributed by atoms with van der Waals surface area (Å²) in [5, 5.41) is 4.09. The van der Waals surface area contributed by atoms with Crippen LogP contribution in [0.25, 0.3) is 0 Å². The summed E-state index contributed by atoms with van der Waals surface area (Å²) in [7, 11) is 3.53. The molecule has 0 radical (unpaired) electrons. The van der Waals surface area contributed by atoms with E-state index >= 15 is 0 Å². The minimum Gasteiger partial charge on any atom is -0.384 e. The van der Waals surface area contributed by atoms with Crippen LogP contribution in [-0.2, 0) is 0 Å². The summed E-state index contributed by atoms with van der Waals surface area (Å²) in [6.07, 6.45) is 6.57. The standard InChI is InChI=1S/C16H23ClN2O/c1-19(2)16(20)14-9-8-13(17)10-15(14)18-11-12-6-4-3-5-7-12/h8-10,12,18H,3-7,11H2,1-2H3. The number of hydrogen-bond acceptors (Lipinski definition) is 2. The molecular formula is C16H23ClN2O. The Hall–Kier alpha value is -1.22. The number of rotatable bonds is 4. The monoisotopic (exact) mass is 294 g/mol. The van der Waals surface area contributed by atoms with Crippen LogP contribution in [0.15, 0.2) is 18.2 Å². The van der Waals surface area contributed by atoms with Crippen LogP contribution in [0.2, 0.25) is 5.02 Å². The van der Waals surface area contributed by atoms with Crippen molar-refractivity contribution in [3.05, 3.63) is 28.8 Å². The molecule has 0 bridgehead atoms. The first-order chi connectivity index (χ1) is 9.58. The normalized spacial score (nSPS) is 15.9. The molecule has 0 aliphatic heterocycles. The summed E-state index contributed by atoms with van der Waals surface area (Å²) in [5.41, 5.74) is 1.54. The van der Waals surface area contributed by atoms with Gasteiger partial charge < -0.3 is 10.2 Å². The van der Waals surface area contributed by atoms with Gasteiger partial charge in [-0.2, -0.15) is 0 Å². The van der Waals surface area contributed by atoms with E-state index in [1.807, 2.05) is 6.07 Å². The van der Waals surface area contributed by atoms with Crippen molar-refractivity contribution in [3.8, 4) is 0 Å². The first kappa shape index (κ1) is 15.2. The van der Waals surface area contributed by atoms with Gasteiger partial charge in [-0.1, -0.05) is 30.9 Å². The molecule has 1 saturated carbocycles. The van der Waals surface area contributed by atoms with Crippen molar-refractivity contribution < 1.29 is 4.79 Å². The van der Waals surface area contributed by atoms with Crippen LogP contribution in [0.5, 0.6) is 0 Å². The first-order valence-corrected chi connectivity index (χ1v) is 7.71. The molecule has 20 heavy (non-hydrogen) atoms. The number of halogens is 1. The number of nitrogens with zero attached hydrogens (tertiary/aromatic N) is 1. The van der Waals surface area contributed by atoms with Gasteiger partial charge in [0.2, 0.25) is 0 Å². The lowest BCUT2D eigenvalue weighted by molar-refractivity contribution is 0.0828. The molecule has 110 valence electrons. The minimum absolute atomic E-state index is 0.00723. The van der Waals surface area contributed by atoms with Gasteiger partial charge in [-0.25, -0.2) is 0 Å². The molecule has 3 nitrogen and oxygen atoms in total. The highest BCUT2D eigenvalue weighted by Crippen LogP contribution is 2.26. The molecule has 0 saturated heterocycles. The zero-order chi connectivity index (χ0) is 14.5. The van der Waals surface area contributed by atoms with Gasteiger partial charge in [-0.3, -0.25) is 4.79 Å². The minimum atomic E-state index is 0.00723. The molecular weight excluding hydrogens is 272 g/mol. The highest BCUT2D eigenvalue weighted by molar-refractivity contribution is 6.31. The summed E-state index contributed by atoms with van der Waals surface area (Å²) < 4.78 is 0. The number of nitrogens with one attached hydrogen (secondary N) is 1. The van der Waals surface area contributed by atoms with E-state index in [9.17, 15) is 4.79 Å². The molecule has 1 fully saturated rings.